The van der Waals surface area contributed by atoms with E-state index in [1.807, 2.05) is 37.3 Å². The van der Waals surface area contributed by atoms with Crippen LogP contribution in [0, 0.1) is 6.92 Å². The molecule has 0 aliphatic heterocycles. The van der Waals surface area contributed by atoms with Gasteiger partial charge in [-0.2, -0.15) is 0 Å². The summed E-state index contributed by atoms with van der Waals surface area (Å²) in [6.07, 6.45) is 0.661. The van der Waals surface area contributed by atoms with Gasteiger partial charge in [-0.3, -0.25) is 9.36 Å². The predicted octanol–water partition coefficient (Wildman–Crippen LogP) is 2.65. The highest BCUT2D eigenvalue weighted by molar-refractivity contribution is 6.32. The van der Waals surface area contributed by atoms with Gasteiger partial charge in [-0.1, -0.05) is 29.8 Å². The molecule has 1 aromatic carbocycles. The molecule has 4 heteroatoms. The molecule has 2 aromatic rings. The van der Waals surface area contributed by atoms with Crippen molar-refractivity contribution in [3.05, 3.63) is 47.0 Å². The van der Waals surface area contributed by atoms with Crippen LogP contribution < -0.4 is 0 Å². The molecule has 0 amide bonds. The van der Waals surface area contributed by atoms with Gasteiger partial charge in [-0.15, -0.1) is 0 Å². The summed E-state index contributed by atoms with van der Waals surface area (Å²) in [4.78, 5) is 14.7. The standard InChI is InChI=1S/C11H9ClN2O/c1-8-13-10(7-15)11(12)14(8)9-5-3-2-4-6-9/h2-7H,1H3. The van der Waals surface area contributed by atoms with E-state index in [-0.39, 0.29) is 5.69 Å². The predicted molar refractivity (Wildman–Crippen MR) is 58.7 cm³/mol. The Morgan fingerprint density at radius 1 is 1.33 bits per heavy atom. The average molecular weight is 221 g/mol. The van der Waals surface area contributed by atoms with E-state index >= 15 is 0 Å². The molecule has 0 aliphatic rings. The van der Waals surface area contributed by atoms with Crippen molar-refractivity contribution < 1.29 is 4.79 Å². The summed E-state index contributed by atoms with van der Waals surface area (Å²) >= 11 is 6.03. The molecule has 0 fully saturated rings. The minimum Gasteiger partial charge on any atom is -0.296 e. The SMILES string of the molecule is Cc1nc(C=O)c(Cl)n1-c1ccccc1. The number of carbonyl (C=O) groups is 1. The van der Waals surface area contributed by atoms with Gasteiger partial charge in [0.15, 0.2) is 6.29 Å². The Morgan fingerprint density at radius 2 is 2.00 bits per heavy atom. The van der Waals surface area contributed by atoms with E-state index in [0.29, 0.717) is 17.3 Å². The monoisotopic (exact) mass is 220 g/mol. The average Bonchev–Trinajstić information content (AvgIpc) is 2.55. The van der Waals surface area contributed by atoms with Gasteiger partial charge in [0.2, 0.25) is 0 Å². The Bertz CT molecular complexity index is 491. The van der Waals surface area contributed by atoms with Gasteiger partial charge < -0.3 is 0 Å². The Balaban J connectivity index is 2.63. The van der Waals surface area contributed by atoms with Gasteiger partial charge in [0.1, 0.15) is 16.7 Å². The summed E-state index contributed by atoms with van der Waals surface area (Å²) in [7, 11) is 0. The molecule has 0 aliphatic carbocycles. The number of aldehydes is 1. The van der Waals surface area contributed by atoms with E-state index in [2.05, 4.69) is 4.98 Å². The van der Waals surface area contributed by atoms with Crippen LogP contribution >= 0.6 is 11.6 Å². The van der Waals surface area contributed by atoms with E-state index in [1.54, 1.807) is 4.57 Å². The zero-order chi connectivity index (χ0) is 10.8. The second-order valence-electron chi connectivity index (χ2n) is 3.12. The highest BCUT2D eigenvalue weighted by Crippen LogP contribution is 2.21. The fourth-order valence-corrected chi connectivity index (χ4v) is 1.79. The highest BCUT2D eigenvalue weighted by atomic mass is 35.5. The van der Waals surface area contributed by atoms with Crippen molar-refractivity contribution in [1.29, 1.82) is 0 Å². The molecular weight excluding hydrogens is 212 g/mol. The Labute approximate surface area is 92.3 Å². The van der Waals surface area contributed by atoms with Gasteiger partial charge in [-0.25, -0.2) is 4.98 Å². The van der Waals surface area contributed by atoms with Crippen molar-refractivity contribution in [2.45, 2.75) is 6.92 Å². The van der Waals surface area contributed by atoms with Crippen LogP contribution in [0.25, 0.3) is 5.69 Å². The molecule has 0 spiro atoms. The third kappa shape index (κ3) is 1.66. The Hall–Kier alpha value is -1.61. The lowest BCUT2D eigenvalue weighted by atomic mass is 10.3. The van der Waals surface area contributed by atoms with Crippen molar-refractivity contribution in [3.8, 4) is 5.69 Å². The lowest BCUT2D eigenvalue weighted by Gasteiger charge is -2.05. The molecule has 1 aromatic heterocycles. The number of hydrogen-bond donors (Lipinski definition) is 0. The van der Waals surface area contributed by atoms with E-state index in [1.165, 1.54) is 0 Å². The molecule has 0 unspecified atom stereocenters. The second kappa shape index (κ2) is 3.87. The molecule has 0 radical (unpaired) electrons. The summed E-state index contributed by atoms with van der Waals surface area (Å²) in [5, 5.41) is 0.355. The quantitative estimate of drug-likeness (QED) is 0.730. The number of aromatic nitrogens is 2. The fourth-order valence-electron chi connectivity index (χ4n) is 1.48. The molecule has 76 valence electrons. The number of benzene rings is 1. The maximum absolute atomic E-state index is 10.7. The second-order valence-corrected chi connectivity index (χ2v) is 3.48. The maximum atomic E-state index is 10.7. The van der Waals surface area contributed by atoms with E-state index in [4.69, 9.17) is 11.6 Å². The summed E-state index contributed by atoms with van der Waals surface area (Å²) < 4.78 is 1.74. The number of aryl methyl sites for hydroxylation is 1. The van der Waals surface area contributed by atoms with Crippen molar-refractivity contribution in [2.24, 2.45) is 0 Å². The summed E-state index contributed by atoms with van der Waals surface area (Å²) in [5.74, 6) is 0.702. The zero-order valence-corrected chi connectivity index (χ0v) is 8.90. The van der Waals surface area contributed by atoms with E-state index in [9.17, 15) is 4.79 Å². The molecule has 2 rings (SSSR count). The van der Waals surface area contributed by atoms with Gasteiger partial charge in [0.25, 0.3) is 0 Å². The Morgan fingerprint density at radius 3 is 2.53 bits per heavy atom. The molecule has 0 atom stereocenters. The number of rotatable bonds is 2. The normalized spacial score (nSPS) is 10.3. The van der Waals surface area contributed by atoms with Crippen LogP contribution in [0.5, 0.6) is 0 Å². The Kier molecular flexibility index (Phi) is 2.56. The third-order valence-electron chi connectivity index (χ3n) is 2.14. The summed E-state index contributed by atoms with van der Waals surface area (Å²) in [5.41, 5.74) is 1.18. The van der Waals surface area contributed by atoms with Crippen LogP contribution in [0.15, 0.2) is 30.3 Å². The van der Waals surface area contributed by atoms with Crippen molar-refractivity contribution >= 4 is 17.9 Å². The minimum absolute atomic E-state index is 0.276. The molecular formula is C11H9ClN2O. The molecule has 0 N–H and O–H groups in total. The van der Waals surface area contributed by atoms with Crippen LogP contribution in [-0.4, -0.2) is 15.8 Å². The lowest BCUT2D eigenvalue weighted by Crippen LogP contribution is -1.96. The molecule has 1 heterocycles. The maximum Gasteiger partial charge on any atom is 0.171 e. The number of imidazole rings is 1. The van der Waals surface area contributed by atoms with Crippen LogP contribution in [0.2, 0.25) is 5.15 Å². The first-order chi connectivity index (χ1) is 7.24. The molecule has 0 saturated heterocycles. The third-order valence-corrected chi connectivity index (χ3v) is 2.50. The van der Waals surface area contributed by atoms with Gasteiger partial charge in [0, 0.05) is 5.69 Å². The van der Waals surface area contributed by atoms with Crippen molar-refractivity contribution in [2.75, 3.05) is 0 Å². The first-order valence-electron chi connectivity index (χ1n) is 4.49. The van der Waals surface area contributed by atoms with Crippen LogP contribution in [0.1, 0.15) is 16.3 Å². The number of halogens is 1. The zero-order valence-electron chi connectivity index (χ0n) is 8.14. The molecule has 3 nitrogen and oxygen atoms in total. The van der Waals surface area contributed by atoms with Gasteiger partial charge in [-0.05, 0) is 19.1 Å². The number of para-hydroxylation sites is 1. The first-order valence-corrected chi connectivity index (χ1v) is 4.87. The fraction of sp³-hybridized carbons (Fsp3) is 0.0909. The van der Waals surface area contributed by atoms with Crippen molar-refractivity contribution in [1.82, 2.24) is 9.55 Å². The van der Waals surface area contributed by atoms with Crippen LogP contribution in [-0.2, 0) is 0 Å². The number of carbonyl (C=O) groups excluding carboxylic acids is 1. The number of nitrogens with zero attached hydrogens (tertiary/aromatic N) is 2. The van der Waals surface area contributed by atoms with Crippen LogP contribution in [0.4, 0.5) is 0 Å². The molecule has 0 saturated carbocycles. The summed E-state index contributed by atoms with van der Waals surface area (Å²) in [6.45, 7) is 1.81. The van der Waals surface area contributed by atoms with Gasteiger partial charge >= 0.3 is 0 Å². The van der Waals surface area contributed by atoms with E-state index < -0.39 is 0 Å². The topological polar surface area (TPSA) is 34.9 Å². The van der Waals surface area contributed by atoms with Crippen LogP contribution in [0.3, 0.4) is 0 Å². The van der Waals surface area contributed by atoms with Gasteiger partial charge in [0.05, 0.1) is 0 Å². The smallest absolute Gasteiger partial charge is 0.171 e. The minimum atomic E-state index is 0.276. The molecule has 0 bridgehead atoms. The van der Waals surface area contributed by atoms with Crippen molar-refractivity contribution in [3.63, 3.8) is 0 Å². The lowest BCUT2D eigenvalue weighted by molar-refractivity contribution is 0.111. The first kappa shape index (κ1) is 9.93. The number of hydrogen-bond acceptors (Lipinski definition) is 2. The highest BCUT2D eigenvalue weighted by Gasteiger charge is 2.12. The van der Waals surface area contributed by atoms with E-state index in [0.717, 1.165) is 5.69 Å². The largest absolute Gasteiger partial charge is 0.296 e. The summed E-state index contributed by atoms with van der Waals surface area (Å²) in [6, 6.07) is 9.56. The molecule has 15 heavy (non-hydrogen) atoms.